The van der Waals surface area contributed by atoms with Crippen LogP contribution in [0.5, 0.6) is 0 Å². The number of Topliss-reactive ketones (excluding diaryl/α,β-unsaturated/α-hetero) is 1. The third-order valence-corrected chi connectivity index (χ3v) is 3.13. The van der Waals surface area contributed by atoms with Gasteiger partial charge in [-0.3, -0.25) is 9.59 Å². The number of carbonyl (C=O) groups excluding carboxylic acids is 1. The Morgan fingerprint density at radius 3 is 2.47 bits per heavy atom. The second kappa shape index (κ2) is 7.04. The lowest BCUT2D eigenvalue weighted by molar-refractivity contribution is -0.137. The van der Waals surface area contributed by atoms with E-state index >= 15 is 0 Å². The zero-order valence-corrected chi connectivity index (χ0v) is 11.7. The van der Waals surface area contributed by atoms with E-state index in [0.29, 0.717) is 12.1 Å². The van der Waals surface area contributed by atoms with Gasteiger partial charge in [-0.05, 0) is 44.0 Å². The van der Waals surface area contributed by atoms with Gasteiger partial charge in [0.05, 0.1) is 12.5 Å². The third-order valence-electron chi connectivity index (χ3n) is 3.13. The van der Waals surface area contributed by atoms with E-state index in [9.17, 15) is 9.59 Å². The molecule has 4 nitrogen and oxygen atoms in total. The molecule has 2 N–H and O–H groups in total. The Hall–Kier alpha value is -1.68. The van der Waals surface area contributed by atoms with Gasteiger partial charge in [0.15, 0.2) is 5.78 Å². The van der Waals surface area contributed by atoms with Crippen molar-refractivity contribution in [2.75, 3.05) is 6.54 Å². The fraction of sp³-hybridized carbons (Fsp3) is 0.467. The predicted octanol–water partition coefficient (Wildman–Crippen LogP) is 2.33. The molecule has 0 aliphatic rings. The third kappa shape index (κ3) is 4.48. The van der Waals surface area contributed by atoms with Crippen molar-refractivity contribution in [3.63, 3.8) is 0 Å². The Morgan fingerprint density at radius 2 is 1.95 bits per heavy atom. The van der Waals surface area contributed by atoms with Gasteiger partial charge in [0.1, 0.15) is 0 Å². The maximum Gasteiger partial charge on any atom is 0.305 e. The van der Waals surface area contributed by atoms with E-state index in [1.165, 1.54) is 0 Å². The molecule has 0 saturated heterocycles. The van der Waals surface area contributed by atoms with Crippen LogP contribution in [0.15, 0.2) is 18.2 Å². The van der Waals surface area contributed by atoms with Crippen LogP contribution in [0.4, 0.5) is 0 Å². The molecule has 0 fully saturated rings. The molecular weight excluding hydrogens is 242 g/mol. The number of carbonyl (C=O) groups is 2. The Bertz CT molecular complexity index is 468. The van der Waals surface area contributed by atoms with Crippen molar-refractivity contribution < 1.29 is 14.7 Å². The molecule has 0 aliphatic heterocycles. The maximum absolute atomic E-state index is 12.3. The minimum Gasteiger partial charge on any atom is -0.481 e. The van der Waals surface area contributed by atoms with Crippen LogP contribution in [-0.2, 0) is 4.79 Å². The molecule has 0 spiro atoms. The summed E-state index contributed by atoms with van der Waals surface area (Å²) in [6, 6.07) is 4.81. The Kier molecular flexibility index (Phi) is 5.70. The summed E-state index contributed by atoms with van der Waals surface area (Å²) < 4.78 is 0. The molecule has 1 aromatic carbocycles. The highest BCUT2D eigenvalue weighted by Gasteiger charge is 2.22. The zero-order valence-electron chi connectivity index (χ0n) is 11.7. The summed E-state index contributed by atoms with van der Waals surface area (Å²) in [5.74, 6) is -1.12. The summed E-state index contributed by atoms with van der Waals surface area (Å²) in [7, 11) is 0. The molecule has 0 saturated carbocycles. The number of ketones is 1. The Labute approximate surface area is 113 Å². The minimum atomic E-state index is -0.967. The molecule has 0 amide bonds. The highest BCUT2D eigenvalue weighted by molar-refractivity contribution is 6.01. The topological polar surface area (TPSA) is 66.4 Å². The fourth-order valence-electron chi connectivity index (χ4n) is 1.85. The average Bonchev–Trinajstić information content (AvgIpc) is 2.36. The molecule has 1 rings (SSSR count). The average molecular weight is 263 g/mol. The number of rotatable bonds is 7. The van der Waals surface area contributed by atoms with Crippen LogP contribution in [0.3, 0.4) is 0 Å². The number of benzene rings is 1. The van der Waals surface area contributed by atoms with Gasteiger partial charge < -0.3 is 10.4 Å². The van der Waals surface area contributed by atoms with Crippen LogP contribution in [0.25, 0.3) is 0 Å². The van der Waals surface area contributed by atoms with Gasteiger partial charge in [-0.2, -0.15) is 0 Å². The molecule has 4 heteroatoms. The standard InChI is InChI=1S/C15H21NO3/c1-4-7-16-13(9-14(17)18)15(19)12-6-5-10(2)11(3)8-12/h5-6,8,13,16H,4,7,9H2,1-3H3,(H,17,18). The summed E-state index contributed by atoms with van der Waals surface area (Å²) in [4.78, 5) is 23.2. The number of aryl methyl sites for hydroxylation is 2. The normalized spacial score (nSPS) is 12.2. The van der Waals surface area contributed by atoms with E-state index < -0.39 is 12.0 Å². The monoisotopic (exact) mass is 263 g/mol. The summed E-state index contributed by atoms with van der Waals surface area (Å²) in [6.45, 7) is 6.53. The molecular formula is C15H21NO3. The SMILES string of the molecule is CCCNC(CC(=O)O)C(=O)c1ccc(C)c(C)c1. The summed E-state index contributed by atoms with van der Waals surface area (Å²) in [5.41, 5.74) is 2.72. The van der Waals surface area contributed by atoms with Gasteiger partial charge in [0.2, 0.25) is 0 Å². The van der Waals surface area contributed by atoms with Crippen LogP contribution >= 0.6 is 0 Å². The van der Waals surface area contributed by atoms with Crippen molar-refractivity contribution >= 4 is 11.8 Å². The van der Waals surface area contributed by atoms with E-state index in [1.807, 2.05) is 32.9 Å². The second-order valence-corrected chi connectivity index (χ2v) is 4.77. The molecule has 0 heterocycles. The van der Waals surface area contributed by atoms with Crippen LogP contribution in [0.1, 0.15) is 41.3 Å². The fourth-order valence-corrected chi connectivity index (χ4v) is 1.85. The molecule has 0 aromatic heterocycles. The molecule has 1 atom stereocenters. The first-order valence-electron chi connectivity index (χ1n) is 6.52. The van der Waals surface area contributed by atoms with E-state index in [4.69, 9.17) is 5.11 Å². The first-order chi connectivity index (χ1) is 8.95. The molecule has 0 radical (unpaired) electrons. The first-order valence-corrected chi connectivity index (χ1v) is 6.52. The van der Waals surface area contributed by atoms with Crippen LogP contribution in [-0.4, -0.2) is 29.4 Å². The Balaban J connectivity index is 2.90. The summed E-state index contributed by atoms with van der Waals surface area (Å²) >= 11 is 0. The molecule has 19 heavy (non-hydrogen) atoms. The van der Waals surface area contributed by atoms with E-state index in [0.717, 1.165) is 17.5 Å². The van der Waals surface area contributed by atoms with Crippen molar-refractivity contribution in [2.24, 2.45) is 0 Å². The smallest absolute Gasteiger partial charge is 0.305 e. The highest BCUT2D eigenvalue weighted by Crippen LogP contribution is 2.13. The van der Waals surface area contributed by atoms with Gasteiger partial charge in [-0.1, -0.05) is 19.1 Å². The van der Waals surface area contributed by atoms with Crippen molar-refractivity contribution in [1.29, 1.82) is 0 Å². The minimum absolute atomic E-state index is 0.154. The largest absolute Gasteiger partial charge is 0.481 e. The molecule has 104 valence electrons. The van der Waals surface area contributed by atoms with Crippen molar-refractivity contribution in [3.8, 4) is 0 Å². The predicted molar refractivity (Wildman–Crippen MR) is 74.6 cm³/mol. The van der Waals surface area contributed by atoms with Crippen LogP contribution in [0.2, 0.25) is 0 Å². The van der Waals surface area contributed by atoms with Gasteiger partial charge in [-0.15, -0.1) is 0 Å². The number of hydrogen-bond acceptors (Lipinski definition) is 3. The lowest BCUT2D eigenvalue weighted by Gasteiger charge is -2.16. The number of hydrogen-bond donors (Lipinski definition) is 2. The maximum atomic E-state index is 12.3. The Morgan fingerprint density at radius 1 is 1.26 bits per heavy atom. The van der Waals surface area contributed by atoms with Crippen LogP contribution in [0, 0.1) is 13.8 Å². The lowest BCUT2D eigenvalue weighted by atomic mass is 9.98. The zero-order chi connectivity index (χ0) is 14.4. The number of carboxylic acid groups (broad SMARTS) is 1. The molecule has 1 aromatic rings. The number of carboxylic acids is 1. The molecule has 1 unspecified atom stereocenters. The van der Waals surface area contributed by atoms with Gasteiger partial charge in [0.25, 0.3) is 0 Å². The van der Waals surface area contributed by atoms with Gasteiger partial charge in [-0.25, -0.2) is 0 Å². The van der Waals surface area contributed by atoms with Crippen molar-refractivity contribution in [2.45, 2.75) is 39.7 Å². The quantitative estimate of drug-likeness (QED) is 0.741. The van der Waals surface area contributed by atoms with Gasteiger partial charge >= 0.3 is 5.97 Å². The van der Waals surface area contributed by atoms with E-state index in [-0.39, 0.29) is 12.2 Å². The van der Waals surface area contributed by atoms with Crippen molar-refractivity contribution in [1.82, 2.24) is 5.32 Å². The van der Waals surface area contributed by atoms with E-state index in [1.54, 1.807) is 6.07 Å². The lowest BCUT2D eigenvalue weighted by Crippen LogP contribution is -2.39. The first kappa shape index (κ1) is 15.4. The van der Waals surface area contributed by atoms with E-state index in [2.05, 4.69) is 5.32 Å². The van der Waals surface area contributed by atoms with Crippen LogP contribution < -0.4 is 5.32 Å². The number of aliphatic carboxylic acids is 1. The molecule has 0 aliphatic carbocycles. The summed E-state index contributed by atoms with van der Waals surface area (Å²) in [5, 5.41) is 11.9. The van der Waals surface area contributed by atoms with Crippen molar-refractivity contribution in [3.05, 3.63) is 34.9 Å². The summed E-state index contributed by atoms with van der Waals surface area (Å²) in [6.07, 6.45) is 0.669. The second-order valence-electron chi connectivity index (χ2n) is 4.77. The molecule has 0 bridgehead atoms. The highest BCUT2D eigenvalue weighted by atomic mass is 16.4. The van der Waals surface area contributed by atoms with Gasteiger partial charge in [0, 0.05) is 5.56 Å². The number of nitrogens with one attached hydrogen (secondary N) is 1.